The van der Waals surface area contributed by atoms with Gasteiger partial charge in [-0.15, -0.1) is 0 Å². The van der Waals surface area contributed by atoms with Crippen LogP contribution in [-0.4, -0.2) is 85.8 Å². The summed E-state index contributed by atoms with van der Waals surface area (Å²) in [5.74, 6) is -0.333. The number of rotatable bonds is 9. The van der Waals surface area contributed by atoms with Gasteiger partial charge in [-0.05, 0) is 62.3 Å². The van der Waals surface area contributed by atoms with Crippen LogP contribution in [0.15, 0.2) is 36.4 Å². The van der Waals surface area contributed by atoms with Crippen molar-refractivity contribution in [3.8, 4) is 5.75 Å². The topological polar surface area (TPSA) is 86.2 Å². The zero-order chi connectivity index (χ0) is 29.8. The number of alkyl halides is 3. The van der Waals surface area contributed by atoms with Crippen molar-refractivity contribution in [2.75, 3.05) is 52.8 Å². The van der Waals surface area contributed by atoms with Crippen molar-refractivity contribution < 1.29 is 32.6 Å². The van der Waals surface area contributed by atoms with E-state index >= 15 is 0 Å². The minimum absolute atomic E-state index is 0.0729. The number of hydrogen-bond donors (Lipinski definition) is 1. The van der Waals surface area contributed by atoms with E-state index in [9.17, 15) is 27.9 Å². The molecular formula is C29H39F3N4O4. The van der Waals surface area contributed by atoms with Crippen molar-refractivity contribution in [1.82, 2.24) is 14.8 Å². The van der Waals surface area contributed by atoms with Crippen LogP contribution in [0.25, 0.3) is 0 Å². The van der Waals surface area contributed by atoms with Gasteiger partial charge in [-0.3, -0.25) is 9.59 Å². The molecule has 3 rings (SSSR count). The highest BCUT2D eigenvalue weighted by Gasteiger charge is 2.61. The highest BCUT2D eigenvalue weighted by atomic mass is 19.4. The number of ether oxygens (including phenoxy) is 1. The van der Waals surface area contributed by atoms with Crippen LogP contribution in [0, 0.1) is 18.8 Å². The Labute approximate surface area is 233 Å². The lowest BCUT2D eigenvalue weighted by Crippen LogP contribution is -2.55. The Kier molecular flexibility index (Phi) is 9.71. The number of likely N-dealkylation sites (N-methyl/N-ethyl adjacent to an activating group) is 1. The molecule has 2 atom stereocenters. The summed E-state index contributed by atoms with van der Waals surface area (Å²) in [6.07, 6.45) is -2.74. The van der Waals surface area contributed by atoms with Crippen LogP contribution < -0.4 is 9.64 Å². The number of carbonyl (C=O) groups excluding carboxylic acids is 2. The second-order valence-corrected chi connectivity index (χ2v) is 10.9. The number of benzene rings is 1. The van der Waals surface area contributed by atoms with E-state index in [-0.39, 0.29) is 24.1 Å². The predicted octanol–water partition coefficient (Wildman–Crippen LogP) is 4.25. The van der Waals surface area contributed by atoms with Gasteiger partial charge >= 0.3 is 6.18 Å². The van der Waals surface area contributed by atoms with Crippen molar-refractivity contribution in [3.05, 3.63) is 53.2 Å². The second-order valence-electron chi connectivity index (χ2n) is 10.9. The summed E-state index contributed by atoms with van der Waals surface area (Å²) in [6, 6.07) is 8.51. The molecule has 0 aliphatic carbocycles. The lowest BCUT2D eigenvalue weighted by molar-refractivity contribution is -0.261. The number of nitrogens with zero attached hydrogens (tertiary/aromatic N) is 4. The molecule has 1 aromatic carbocycles. The van der Waals surface area contributed by atoms with E-state index in [0.29, 0.717) is 17.2 Å². The van der Waals surface area contributed by atoms with Crippen LogP contribution in [0.4, 0.5) is 19.0 Å². The molecule has 11 heteroatoms. The lowest BCUT2D eigenvalue weighted by Gasteiger charge is -2.36. The SMILES string of the molecule is COc1cccc([C@@](O)(C(=O)N(C)C[C@@H](C)CC2CCN(c3ccc(C(=O)N(C)C)c(C)n3)CC2)C(F)(F)F)c1. The molecule has 0 bridgehead atoms. The average molecular weight is 565 g/mol. The standard InChI is InChI=1S/C29H39F3N4O4/c1-19(18-35(5)27(38)28(39,29(30,31)32)22-8-7-9-23(17-22)40-6)16-21-12-14-36(15-13-21)25-11-10-24(20(2)33-25)26(37)34(3)4/h7-11,17,19,21,39H,12-16,18H2,1-6H3/t19-,28+/m0/s1. The maximum Gasteiger partial charge on any atom is 0.430 e. The average Bonchev–Trinajstić information content (AvgIpc) is 2.91. The Morgan fingerprint density at radius 1 is 1.15 bits per heavy atom. The Morgan fingerprint density at radius 2 is 1.80 bits per heavy atom. The molecule has 0 unspecified atom stereocenters. The van der Waals surface area contributed by atoms with Gasteiger partial charge in [0.25, 0.3) is 17.4 Å². The van der Waals surface area contributed by atoms with Crippen molar-refractivity contribution in [2.24, 2.45) is 11.8 Å². The molecule has 220 valence electrons. The maximum atomic E-state index is 14.1. The van der Waals surface area contributed by atoms with Crippen LogP contribution in [0.3, 0.4) is 0 Å². The van der Waals surface area contributed by atoms with Crippen molar-refractivity contribution in [1.29, 1.82) is 0 Å². The number of halogens is 3. The Bertz CT molecular complexity index is 1200. The number of aliphatic hydroxyl groups is 1. The van der Waals surface area contributed by atoms with E-state index in [1.54, 1.807) is 20.2 Å². The molecular weight excluding hydrogens is 525 g/mol. The number of anilines is 1. The molecule has 1 fully saturated rings. The molecule has 8 nitrogen and oxygen atoms in total. The van der Waals surface area contributed by atoms with Gasteiger partial charge in [0.2, 0.25) is 0 Å². The van der Waals surface area contributed by atoms with Crippen molar-refractivity contribution >= 4 is 17.6 Å². The number of carbonyl (C=O) groups is 2. The van der Waals surface area contributed by atoms with Gasteiger partial charge in [-0.25, -0.2) is 4.98 Å². The summed E-state index contributed by atoms with van der Waals surface area (Å²) in [5, 5.41) is 10.7. The number of methoxy groups -OCH3 is 1. The maximum absolute atomic E-state index is 14.1. The highest BCUT2D eigenvalue weighted by molar-refractivity contribution is 5.95. The Morgan fingerprint density at radius 3 is 2.35 bits per heavy atom. The number of piperidine rings is 1. The number of hydrogen-bond acceptors (Lipinski definition) is 6. The lowest BCUT2D eigenvalue weighted by atomic mass is 9.87. The van der Waals surface area contributed by atoms with E-state index < -0.39 is 23.2 Å². The molecule has 2 aromatic rings. The summed E-state index contributed by atoms with van der Waals surface area (Å²) in [6.45, 7) is 5.33. The highest BCUT2D eigenvalue weighted by Crippen LogP contribution is 2.41. The molecule has 0 saturated carbocycles. The van der Waals surface area contributed by atoms with Gasteiger partial charge < -0.3 is 24.5 Å². The van der Waals surface area contributed by atoms with E-state index in [2.05, 4.69) is 9.88 Å². The van der Waals surface area contributed by atoms with Gasteiger partial charge in [0.05, 0.1) is 18.4 Å². The van der Waals surface area contributed by atoms with E-state index in [1.165, 1.54) is 31.2 Å². The fourth-order valence-electron chi connectivity index (χ4n) is 5.32. The zero-order valence-corrected chi connectivity index (χ0v) is 24.0. The first-order chi connectivity index (χ1) is 18.7. The van der Waals surface area contributed by atoms with Gasteiger partial charge in [0.15, 0.2) is 0 Å². The molecule has 0 radical (unpaired) electrons. The Hall–Kier alpha value is -3.34. The summed E-state index contributed by atoms with van der Waals surface area (Å²) in [4.78, 5) is 34.6. The first kappa shape index (κ1) is 31.2. The van der Waals surface area contributed by atoms with E-state index in [1.807, 2.05) is 19.9 Å². The second kappa shape index (κ2) is 12.4. The van der Waals surface area contributed by atoms with Gasteiger partial charge in [-0.2, -0.15) is 13.2 Å². The Balaban J connectivity index is 1.60. The van der Waals surface area contributed by atoms with Gasteiger partial charge in [0, 0.05) is 46.3 Å². The molecule has 1 saturated heterocycles. The fraction of sp³-hybridized carbons (Fsp3) is 0.552. The monoisotopic (exact) mass is 564 g/mol. The van der Waals surface area contributed by atoms with Crippen molar-refractivity contribution in [2.45, 2.75) is 44.9 Å². The summed E-state index contributed by atoms with van der Waals surface area (Å²) in [5.41, 5.74) is -3.02. The number of pyridine rings is 1. The predicted molar refractivity (Wildman–Crippen MR) is 146 cm³/mol. The zero-order valence-electron chi connectivity index (χ0n) is 24.0. The first-order valence-corrected chi connectivity index (χ1v) is 13.3. The minimum atomic E-state index is -5.22. The molecule has 40 heavy (non-hydrogen) atoms. The largest absolute Gasteiger partial charge is 0.497 e. The third-order valence-electron chi connectivity index (χ3n) is 7.52. The summed E-state index contributed by atoms with van der Waals surface area (Å²) >= 11 is 0. The molecule has 0 spiro atoms. The molecule has 1 aromatic heterocycles. The number of aromatic nitrogens is 1. The first-order valence-electron chi connectivity index (χ1n) is 13.3. The third kappa shape index (κ3) is 6.68. The van der Waals surface area contributed by atoms with Crippen molar-refractivity contribution in [3.63, 3.8) is 0 Å². The van der Waals surface area contributed by atoms with Crippen LogP contribution in [0.1, 0.15) is 47.8 Å². The van der Waals surface area contributed by atoms with E-state index in [4.69, 9.17) is 4.74 Å². The molecule has 1 aliphatic rings. The van der Waals surface area contributed by atoms with Crippen LogP contribution >= 0.6 is 0 Å². The minimum Gasteiger partial charge on any atom is -0.497 e. The molecule has 2 amide bonds. The number of aryl methyl sites for hydroxylation is 1. The molecule has 1 aliphatic heterocycles. The van der Waals surface area contributed by atoms with Gasteiger partial charge in [0.1, 0.15) is 11.6 Å². The van der Waals surface area contributed by atoms with Gasteiger partial charge in [-0.1, -0.05) is 19.1 Å². The quantitative estimate of drug-likeness (QED) is 0.490. The van der Waals surface area contributed by atoms with Crippen LogP contribution in [0.2, 0.25) is 0 Å². The third-order valence-corrected chi connectivity index (χ3v) is 7.52. The normalized spacial score (nSPS) is 16.7. The van der Waals surface area contributed by atoms with Crippen LogP contribution in [-0.2, 0) is 10.4 Å². The van der Waals surface area contributed by atoms with E-state index in [0.717, 1.165) is 55.2 Å². The summed E-state index contributed by atoms with van der Waals surface area (Å²) in [7, 11) is 5.99. The molecule has 1 N–H and O–H groups in total. The summed E-state index contributed by atoms with van der Waals surface area (Å²) < 4.78 is 47.2. The van der Waals surface area contributed by atoms with Crippen LogP contribution in [0.5, 0.6) is 5.75 Å². The fourth-order valence-corrected chi connectivity index (χ4v) is 5.32. The number of amides is 2. The smallest absolute Gasteiger partial charge is 0.430 e. The molecule has 2 heterocycles.